The van der Waals surface area contributed by atoms with Crippen molar-refractivity contribution in [1.82, 2.24) is 14.5 Å². The highest BCUT2D eigenvalue weighted by molar-refractivity contribution is 5.78. The zero-order valence-electron chi connectivity index (χ0n) is 12.4. The minimum absolute atomic E-state index is 0.194. The lowest BCUT2D eigenvalue weighted by molar-refractivity contribution is 0.276. The van der Waals surface area contributed by atoms with E-state index in [9.17, 15) is 0 Å². The summed E-state index contributed by atoms with van der Waals surface area (Å²) in [6.45, 7) is 2.90. The van der Waals surface area contributed by atoms with Crippen molar-refractivity contribution in [2.75, 3.05) is 12.3 Å². The first-order valence-electron chi connectivity index (χ1n) is 7.14. The highest BCUT2D eigenvalue weighted by atomic mass is 16.5. The molecule has 0 saturated carbocycles. The largest absolute Gasteiger partial charge is 0.490 e. The molecule has 2 aromatic heterocycles. The third kappa shape index (κ3) is 3.01. The Bertz CT molecular complexity index is 783. The van der Waals surface area contributed by atoms with Gasteiger partial charge in [0.15, 0.2) is 0 Å². The van der Waals surface area contributed by atoms with Crippen LogP contribution in [-0.2, 0) is 6.54 Å². The molecule has 114 valence electrons. The number of hydrogen-bond acceptors (Lipinski definition) is 5. The normalized spacial score (nSPS) is 12.5. The molecule has 0 bridgehead atoms. The number of rotatable bonds is 5. The van der Waals surface area contributed by atoms with Crippen molar-refractivity contribution in [3.63, 3.8) is 0 Å². The number of aryl methyl sites for hydroxylation is 1. The van der Waals surface area contributed by atoms with Crippen molar-refractivity contribution in [3.05, 3.63) is 48.3 Å². The summed E-state index contributed by atoms with van der Waals surface area (Å²) >= 11 is 0. The van der Waals surface area contributed by atoms with Crippen LogP contribution in [0.15, 0.2) is 42.7 Å². The van der Waals surface area contributed by atoms with Gasteiger partial charge in [-0.15, -0.1) is 0 Å². The number of nitrogens with zero attached hydrogens (tertiary/aromatic N) is 3. The fourth-order valence-electron chi connectivity index (χ4n) is 2.38. The Morgan fingerprint density at radius 3 is 2.91 bits per heavy atom. The summed E-state index contributed by atoms with van der Waals surface area (Å²) in [4.78, 5) is 8.42. The van der Waals surface area contributed by atoms with Crippen molar-refractivity contribution in [3.8, 4) is 5.75 Å². The van der Waals surface area contributed by atoms with E-state index < -0.39 is 0 Å². The quantitative estimate of drug-likeness (QED) is 0.748. The molecule has 6 nitrogen and oxygen atoms in total. The minimum Gasteiger partial charge on any atom is -0.490 e. The molecule has 0 aliphatic rings. The molecule has 0 saturated heterocycles. The molecular weight excluding hydrogens is 278 g/mol. The molecule has 1 atom stereocenters. The predicted octanol–water partition coefficient (Wildman–Crippen LogP) is 1.73. The molecule has 3 rings (SSSR count). The van der Waals surface area contributed by atoms with E-state index in [-0.39, 0.29) is 6.04 Å². The van der Waals surface area contributed by atoms with Gasteiger partial charge in [-0.05, 0) is 30.7 Å². The first-order chi connectivity index (χ1) is 10.6. The van der Waals surface area contributed by atoms with E-state index in [1.54, 1.807) is 12.4 Å². The van der Waals surface area contributed by atoms with E-state index >= 15 is 0 Å². The monoisotopic (exact) mass is 297 g/mol. The Hall–Kier alpha value is -2.60. The molecule has 3 aromatic rings. The first-order valence-corrected chi connectivity index (χ1v) is 7.14. The van der Waals surface area contributed by atoms with Crippen molar-refractivity contribution in [2.24, 2.45) is 5.73 Å². The molecule has 1 aromatic carbocycles. The second-order valence-electron chi connectivity index (χ2n) is 5.34. The maximum Gasteiger partial charge on any atom is 0.201 e. The van der Waals surface area contributed by atoms with Crippen LogP contribution in [0.3, 0.4) is 0 Å². The Morgan fingerprint density at radius 1 is 1.27 bits per heavy atom. The van der Waals surface area contributed by atoms with Crippen molar-refractivity contribution in [2.45, 2.75) is 19.5 Å². The average molecular weight is 297 g/mol. The fourth-order valence-corrected chi connectivity index (χ4v) is 2.38. The zero-order chi connectivity index (χ0) is 15.5. The van der Waals surface area contributed by atoms with E-state index in [1.807, 2.05) is 41.8 Å². The number of benzene rings is 1. The SMILES string of the molecule is Cc1cncc(OCC(N)Cn2c(N)nc3ccccc32)c1. The highest BCUT2D eigenvalue weighted by Gasteiger charge is 2.12. The second-order valence-corrected chi connectivity index (χ2v) is 5.34. The number of anilines is 1. The molecule has 22 heavy (non-hydrogen) atoms. The summed E-state index contributed by atoms with van der Waals surface area (Å²) < 4.78 is 7.60. The van der Waals surface area contributed by atoms with Gasteiger partial charge >= 0.3 is 0 Å². The van der Waals surface area contributed by atoms with Gasteiger partial charge in [0.25, 0.3) is 0 Å². The minimum atomic E-state index is -0.194. The summed E-state index contributed by atoms with van der Waals surface area (Å²) in [5.74, 6) is 1.19. The van der Waals surface area contributed by atoms with Crippen LogP contribution in [0, 0.1) is 6.92 Å². The fraction of sp³-hybridized carbons (Fsp3) is 0.250. The van der Waals surface area contributed by atoms with E-state index in [2.05, 4.69) is 9.97 Å². The number of fused-ring (bicyclic) bond motifs is 1. The Morgan fingerprint density at radius 2 is 2.09 bits per heavy atom. The molecule has 0 amide bonds. The van der Waals surface area contributed by atoms with Gasteiger partial charge in [0.1, 0.15) is 12.4 Å². The summed E-state index contributed by atoms with van der Waals surface area (Å²) in [6.07, 6.45) is 3.46. The number of hydrogen-bond donors (Lipinski definition) is 2. The van der Waals surface area contributed by atoms with E-state index in [4.69, 9.17) is 16.2 Å². The lowest BCUT2D eigenvalue weighted by Gasteiger charge is -2.15. The number of para-hydroxylation sites is 2. The Kier molecular flexibility index (Phi) is 3.93. The van der Waals surface area contributed by atoms with Crippen LogP contribution < -0.4 is 16.2 Å². The smallest absolute Gasteiger partial charge is 0.201 e. The van der Waals surface area contributed by atoms with Crippen LogP contribution in [0.1, 0.15) is 5.56 Å². The average Bonchev–Trinajstić information content (AvgIpc) is 2.81. The Labute approximate surface area is 128 Å². The second kappa shape index (κ2) is 6.03. The third-order valence-corrected chi connectivity index (χ3v) is 3.42. The number of nitrogen functional groups attached to an aromatic ring is 1. The summed E-state index contributed by atoms with van der Waals surface area (Å²) in [6, 6.07) is 9.55. The van der Waals surface area contributed by atoms with Crippen LogP contribution >= 0.6 is 0 Å². The maximum atomic E-state index is 6.16. The van der Waals surface area contributed by atoms with Crippen LogP contribution in [0.4, 0.5) is 5.95 Å². The number of nitrogens with two attached hydrogens (primary N) is 2. The van der Waals surface area contributed by atoms with Crippen molar-refractivity contribution in [1.29, 1.82) is 0 Å². The van der Waals surface area contributed by atoms with E-state index in [1.165, 1.54) is 0 Å². The van der Waals surface area contributed by atoms with Crippen molar-refractivity contribution < 1.29 is 4.74 Å². The third-order valence-electron chi connectivity index (χ3n) is 3.42. The Balaban J connectivity index is 1.68. The summed E-state index contributed by atoms with van der Waals surface area (Å²) in [5, 5.41) is 0. The number of pyridine rings is 1. The molecule has 0 fully saturated rings. The zero-order valence-corrected chi connectivity index (χ0v) is 12.4. The van der Waals surface area contributed by atoms with Gasteiger partial charge in [0, 0.05) is 12.7 Å². The van der Waals surface area contributed by atoms with Gasteiger partial charge in [-0.1, -0.05) is 12.1 Å². The van der Waals surface area contributed by atoms with Gasteiger partial charge in [0.2, 0.25) is 5.95 Å². The molecule has 2 heterocycles. The molecule has 0 aliphatic heterocycles. The van der Waals surface area contributed by atoms with E-state index in [0.717, 1.165) is 22.3 Å². The van der Waals surface area contributed by atoms with Gasteiger partial charge in [-0.25, -0.2) is 4.98 Å². The summed E-state index contributed by atoms with van der Waals surface area (Å²) in [5.41, 5.74) is 15.0. The molecule has 4 N–H and O–H groups in total. The topological polar surface area (TPSA) is 92.0 Å². The van der Waals surface area contributed by atoms with Crippen LogP contribution in [0.25, 0.3) is 11.0 Å². The molecule has 0 aliphatic carbocycles. The molecule has 0 spiro atoms. The van der Waals surface area contributed by atoms with E-state index in [0.29, 0.717) is 19.1 Å². The lowest BCUT2D eigenvalue weighted by Crippen LogP contribution is -2.33. The standard InChI is InChI=1S/C16H19N5O/c1-11-6-13(8-19-7-11)22-10-12(17)9-21-15-5-3-2-4-14(15)20-16(21)18/h2-8,12H,9-10,17H2,1H3,(H2,18,20). The van der Waals surface area contributed by atoms with Crippen LogP contribution in [0.5, 0.6) is 5.75 Å². The predicted molar refractivity (Wildman–Crippen MR) is 86.6 cm³/mol. The molecule has 0 radical (unpaired) electrons. The number of imidazole rings is 1. The van der Waals surface area contributed by atoms with Gasteiger partial charge in [0.05, 0.1) is 23.3 Å². The number of aromatic nitrogens is 3. The molecule has 1 unspecified atom stereocenters. The van der Waals surface area contributed by atoms with Crippen LogP contribution in [-0.4, -0.2) is 27.2 Å². The highest BCUT2D eigenvalue weighted by Crippen LogP contribution is 2.18. The van der Waals surface area contributed by atoms with Gasteiger partial charge < -0.3 is 20.8 Å². The molecule has 6 heteroatoms. The lowest BCUT2D eigenvalue weighted by atomic mass is 10.3. The summed E-state index contributed by atoms with van der Waals surface area (Å²) in [7, 11) is 0. The maximum absolute atomic E-state index is 6.16. The first kappa shape index (κ1) is 14.3. The van der Waals surface area contributed by atoms with Gasteiger partial charge in [-0.3, -0.25) is 4.98 Å². The van der Waals surface area contributed by atoms with Crippen LogP contribution in [0.2, 0.25) is 0 Å². The number of ether oxygens (including phenoxy) is 1. The van der Waals surface area contributed by atoms with Crippen molar-refractivity contribution >= 4 is 17.0 Å². The van der Waals surface area contributed by atoms with Gasteiger partial charge in [-0.2, -0.15) is 0 Å². The molecular formula is C16H19N5O.